The van der Waals surface area contributed by atoms with Crippen LogP contribution in [0, 0.1) is 5.41 Å². The predicted octanol–water partition coefficient (Wildman–Crippen LogP) is 1.30. The molecule has 0 aromatic carbocycles. The molecule has 1 N–H and O–H groups in total. The van der Waals surface area contributed by atoms with E-state index in [0.717, 1.165) is 31.9 Å². The van der Waals surface area contributed by atoms with Gasteiger partial charge in [-0.15, -0.1) is 0 Å². The minimum Gasteiger partial charge on any atom is -0.384 e. The van der Waals surface area contributed by atoms with Crippen LogP contribution in [0.2, 0.25) is 0 Å². The summed E-state index contributed by atoms with van der Waals surface area (Å²) in [5, 5.41) is 2.66. The van der Waals surface area contributed by atoms with E-state index in [1.165, 1.54) is 0 Å². The highest BCUT2D eigenvalue weighted by atomic mass is 16.5. The number of carbonyl (C=O) groups excluding carboxylic acids is 1. The summed E-state index contributed by atoms with van der Waals surface area (Å²) in [4.78, 5) is 18.4. The maximum Gasteiger partial charge on any atom is 0.254 e. The van der Waals surface area contributed by atoms with Gasteiger partial charge in [-0.1, -0.05) is 6.92 Å². The van der Waals surface area contributed by atoms with E-state index in [9.17, 15) is 4.79 Å². The number of carbonyl (C=O) groups is 1. The SMILES string of the molecule is CNC(=O)c1cccnc1N1CCC(C)(COC)C1. The van der Waals surface area contributed by atoms with Gasteiger partial charge in [0.2, 0.25) is 0 Å². The third-order valence-corrected chi connectivity index (χ3v) is 3.61. The quantitative estimate of drug-likeness (QED) is 0.889. The van der Waals surface area contributed by atoms with Gasteiger partial charge in [0.1, 0.15) is 5.82 Å². The van der Waals surface area contributed by atoms with Crippen molar-refractivity contribution in [3.63, 3.8) is 0 Å². The maximum atomic E-state index is 11.9. The normalized spacial score (nSPS) is 22.6. The Bertz CT molecular complexity index is 464. The minimum atomic E-state index is -0.0940. The fourth-order valence-electron chi connectivity index (χ4n) is 2.63. The first-order valence-electron chi connectivity index (χ1n) is 6.50. The van der Waals surface area contributed by atoms with Crippen molar-refractivity contribution in [1.82, 2.24) is 10.3 Å². The molecule has 0 aliphatic carbocycles. The lowest BCUT2D eigenvalue weighted by molar-refractivity contribution is 0.0963. The average molecular weight is 263 g/mol. The van der Waals surface area contributed by atoms with Crippen LogP contribution in [0.1, 0.15) is 23.7 Å². The zero-order chi connectivity index (χ0) is 13.9. The summed E-state index contributed by atoms with van der Waals surface area (Å²) in [5.41, 5.74) is 0.762. The van der Waals surface area contributed by atoms with Crippen LogP contribution < -0.4 is 10.2 Å². The number of anilines is 1. The number of aromatic nitrogens is 1. The van der Waals surface area contributed by atoms with Gasteiger partial charge >= 0.3 is 0 Å². The minimum absolute atomic E-state index is 0.0940. The molecule has 19 heavy (non-hydrogen) atoms. The molecule has 1 aromatic heterocycles. The van der Waals surface area contributed by atoms with Gasteiger partial charge in [-0.2, -0.15) is 0 Å². The Labute approximate surface area is 114 Å². The van der Waals surface area contributed by atoms with Crippen LogP contribution in [0.15, 0.2) is 18.3 Å². The lowest BCUT2D eigenvalue weighted by atomic mass is 9.91. The topological polar surface area (TPSA) is 54.5 Å². The summed E-state index contributed by atoms with van der Waals surface area (Å²) in [7, 11) is 3.36. The monoisotopic (exact) mass is 263 g/mol. The van der Waals surface area contributed by atoms with Crippen molar-refractivity contribution in [2.24, 2.45) is 5.41 Å². The van der Waals surface area contributed by atoms with Crippen LogP contribution in [-0.2, 0) is 4.74 Å². The summed E-state index contributed by atoms with van der Waals surface area (Å²) in [5.74, 6) is 0.671. The zero-order valence-electron chi connectivity index (χ0n) is 11.8. The summed E-state index contributed by atoms with van der Waals surface area (Å²) in [6.07, 6.45) is 2.78. The highest BCUT2D eigenvalue weighted by Crippen LogP contribution is 2.33. The molecule has 1 aliphatic heterocycles. The molecule has 104 valence electrons. The number of hydrogen-bond acceptors (Lipinski definition) is 4. The Hall–Kier alpha value is -1.62. The Kier molecular flexibility index (Phi) is 4.04. The molecule has 1 atom stereocenters. The van der Waals surface area contributed by atoms with E-state index in [2.05, 4.69) is 22.1 Å². The first kappa shape index (κ1) is 13.8. The Morgan fingerprint density at radius 3 is 3.11 bits per heavy atom. The third-order valence-electron chi connectivity index (χ3n) is 3.61. The van der Waals surface area contributed by atoms with Crippen molar-refractivity contribution in [2.75, 3.05) is 38.8 Å². The summed E-state index contributed by atoms with van der Waals surface area (Å²) >= 11 is 0. The van der Waals surface area contributed by atoms with Gasteiger partial charge in [-0.3, -0.25) is 4.79 Å². The number of nitrogens with one attached hydrogen (secondary N) is 1. The van der Waals surface area contributed by atoms with Gasteiger partial charge in [0.25, 0.3) is 5.91 Å². The summed E-state index contributed by atoms with van der Waals surface area (Å²) in [6, 6.07) is 3.60. The molecule has 0 bridgehead atoms. The van der Waals surface area contributed by atoms with Crippen LogP contribution in [0.25, 0.3) is 0 Å². The highest BCUT2D eigenvalue weighted by molar-refractivity contribution is 5.98. The molecule has 1 fully saturated rings. The van der Waals surface area contributed by atoms with Crippen LogP contribution in [0.3, 0.4) is 0 Å². The first-order valence-corrected chi connectivity index (χ1v) is 6.50. The van der Waals surface area contributed by atoms with Gasteiger partial charge in [0.05, 0.1) is 12.2 Å². The molecule has 0 radical (unpaired) electrons. The molecule has 2 rings (SSSR count). The van der Waals surface area contributed by atoms with Crippen molar-refractivity contribution in [1.29, 1.82) is 0 Å². The molecule has 5 heteroatoms. The van der Waals surface area contributed by atoms with Crippen molar-refractivity contribution >= 4 is 11.7 Å². The van der Waals surface area contributed by atoms with E-state index in [0.29, 0.717) is 5.56 Å². The number of amides is 1. The summed E-state index contributed by atoms with van der Waals surface area (Å²) < 4.78 is 5.29. The molecule has 1 unspecified atom stereocenters. The third kappa shape index (κ3) is 2.87. The fourth-order valence-corrected chi connectivity index (χ4v) is 2.63. The van der Waals surface area contributed by atoms with Crippen molar-refractivity contribution in [3.05, 3.63) is 23.9 Å². The van der Waals surface area contributed by atoms with E-state index in [1.54, 1.807) is 26.4 Å². The van der Waals surface area contributed by atoms with Gasteiger partial charge in [0, 0.05) is 38.9 Å². The van der Waals surface area contributed by atoms with Crippen molar-refractivity contribution in [3.8, 4) is 0 Å². The van der Waals surface area contributed by atoms with E-state index in [1.807, 2.05) is 6.07 Å². The molecule has 1 aromatic rings. The molecule has 2 heterocycles. The molecule has 0 spiro atoms. The molecular formula is C14H21N3O2. The number of rotatable bonds is 4. The Morgan fingerprint density at radius 1 is 1.63 bits per heavy atom. The molecule has 5 nitrogen and oxygen atoms in total. The van der Waals surface area contributed by atoms with E-state index in [4.69, 9.17) is 4.74 Å². The Morgan fingerprint density at radius 2 is 2.42 bits per heavy atom. The van der Waals surface area contributed by atoms with E-state index in [-0.39, 0.29) is 11.3 Å². The maximum absolute atomic E-state index is 11.9. The van der Waals surface area contributed by atoms with Gasteiger partial charge in [0.15, 0.2) is 0 Å². The zero-order valence-corrected chi connectivity index (χ0v) is 11.8. The second-order valence-corrected chi connectivity index (χ2v) is 5.37. The molecule has 1 saturated heterocycles. The fraction of sp³-hybridized carbons (Fsp3) is 0.571. The van der Waals surface area contributed by atoms with Crippen molar-refractivity contribution < 1.29 is 9.53 Å². The number of ether oxygens (including phenoxy) is 1. The van der Waals surface area contributed by atoms with Crippen LogP contribution in [-0.4, -0.2) is 44.7 Å². The van der Waals surface area contributed by atoms with Crippen molar-refractivity contribution in [2.45, 2.75) is 13.3 Å². The van der Waals surface area contributed by atoms with Gasteiger partial charge < -0.3 is 15.0 Å². The lowest BCUT2D eigenvalue weighted by Crippen LogP contribution is -2.30. The molecule has 1 amide bonds. The largest absolute Gasteiger partial charge is 0.384 e. The van der Waals surface area contributed by atoms with Gasteiger partial charge in [-0.05, 0) is 18.6 Å². The molecule has 1 aliphatic rings. The predicted molar refractivity (Wildman–Crippen MR) is 74.4 cm³/mol. The van der Waals surface area contributed by atoms with Crippen LogP contribution in [0.5, 0.6) is 0 Å². The second-order valence-electron chi connectivity index (χ2n) is 5.37. The number of pyridine rings is 1. The van der Waals surface area contributed by atoms with Crippen LogP contribution in [0.4, 0.5) is 5.82 Å². The molecular weight excluding hydrogens is 242 g/mol. The second kappa shape index (κ2) is 5.57. The average Bonchev–Trinajstić information content (AvgIpc) is 2.80. The van der Waals surface area contributed by atoms with E-state index < -0.39 is 0 Å². The Balaban J connectivity index is 2.22. The van der Waals surface area contributed by atoms with Crippen LogP contribution >= 0.6 is 0 Å². The highest BCUT2D eigenvalue weighted by Gasteiger charge is 2.35. The number of nitrogens with zero attached hydrogens (tertiary/aromatic N) is 2. The smallest absolute Gasteiger partial charge is 0.254 e. The van der Waals surface area contributed by atoms with Gasteiger partial charge in [-0.25, -0.2) is 4.98 Å². The summed E-state index contributed by atoms with van der Waals surface area (Å²) in [6.45, 7) is 4.70. The number of methoxy groups -OCH3 is 1. The first-order chi connectivity index (χ1) is 9.09. The molecule has 0 saturated carbocycles. The van der Waals surface area contributed by atoms with E-state index >= 15 is 0 Å². The number of hydrogen-bond donors (Lipinski definition) is 1. The lowest BCUT2D eigenvalue weighted by Gasteiger charge is -2.25. The standard InChI is InChI=1S/C14H21N3O2/c1-14(10-19-3)6-8-17(9-14)12-11(13(18)15-2)5-4-7-16-12/h4-5,7H,6,8-10H2,1-3H3,(H,15,18).